The minimum atomic E-state index is -1.62. The van der Waals surface area contributed by atoms with Crippen LogP contribution >= 0.6 is 0 Å². The molecule has 0 radical (unpaired) electrons. The normalized spacial score (nSPS) is 37.1. The molecule has 0 spiro atoms. The first-order valence-electron chi connectivity index (χ1n) is 8.28. The molecule has 6 nitrogen and oxygen atoms in total. The lowest BCUT2D eigenvalue weighted by Gasteiger charge is -2.32. The predicted octanol–water partition coefficient (Wildman–Crippen LogP) is 1.63. The summed E-state index contributed by atoms with van der Waals surface area (Å²) in [4.78, 5) is 36.9. The highest BCUT2D eigenvalue weighted by Crippen LogP contribution is 2.50. The summed E-state index contributed by atoms with van der Waals surface area (Å²) in [5, 5.41) is 10.8. The molecule has 0 aromatic rings. The summed E-state index contributed by atoms with van der Waals surface area (Å²) in [6.07, 6.45) is 0.0388. The summed E-state index contributed by atoms with van der Waals surface area (Å²) < 4.78 is 11.0. The second-order valence-electron chi connectivity index (χ2n) is 7.37. The van der Waals surface area contributed by atoms with Crippen LogP contribution < -0.4 is 0 Å². The Morgan fingerprint density at radius 2 is 2.04 bits per heavy atom. The maximum atomic E-state index is 12.6. The number of esters is 2. The molecule has 0 saturated carbocycles. The van der Waals surface area contributed by atoms with Gasteiger partial charge >= 0.3 is 11.9 Å². The van der Waals surface area contributed by atoms with E-state index >= 15 is 0 Å². The van der Waals surface area contributed by atoms with Crippen molar-refractivity contribution in [2.75, 3.05) is 0 Å². The molecule has 1 N–H and O–H groups in total. The molecule has 0 aromatic carbocycles. The van der Waals surface area contributed by atoms with Crippen molar-refractivity contribution in [3.63, 3.8) is 0 Å². The van der Waals surface area contributed by atoms with Gasteiger partial charge in [-0.05, 0) is 40.2 Å². The van der Waals surface area contributed by atoms with Gasteiger partial charge in [-0.25, -0.2) is 9.59 Å². The predicted molar refractivity (Wildman–Crippen MR) is 88.3 cm³/mol. The fourth-order valence-electron chi connectivity index (χ4n) is 4.22. The van der Waals surface area contributed by atoms with E-state index in [1.54, 1.807) is 19.9 Å². The van der Waals surface area contributed by atoms with Gasteiger partial charge in [0.05, 0.1) is 12.0 Å². The summed E-state index contributed by atoms with van der Waals surface area (Å²) in [7, 11) is 0. The number of carbonyl (C=O) groups excluding carboxylic acids is 3. The molecule has 1 heterocycles. The standard InChI is InChI=1S/C19H22O6/c1-8(2)17(22)25-19(5)15-12(21)7-9(3)13-11(20)6-10(4)14(13)16(15)24-18(19)23/h6,12,14-16,21H,1,7H2,2-5H3. The van der Waals surface area contributed by atoms with Crippen molar-refractivity contribution < 1.29 is 29.0 Å². The van der Waals surface area contributed by atoms with E-state index in [1.165, 1.54) is 13.8 Å². The molecule has 6 heteroatoms. The van der Waals surface area contributed by atoms with Crippen LogP contribution in [0.5, 0.6) is 0 Å². The topological polar surface area (TPSA) is 89.9 Å². The molecule has 0 bridgehead atoms. The van der Waals surface area contributed by atoms with Gasteiger partial charge in [0, 0.05) is 17.1 Å². The van der Waals surface area contributed by atoms with E-state index in [0.717, 1.165) is 11.1 Å². The van der Waals surface area contributed by atoms with Gasteiger partial charge in [0.15, 0.2) is 5.78 Å². The molecule has 0 aromatic heterocycles. The Bertz CT molecular complexity index is 758. The molecule has 0 amide bonds. The SMILES string of the molecule is C=C(C)C(=O)OC1(C)C(=O)OC2C3C(C)=CC(=O)C3=C(C)CC(O)C21. The average molecular weight is 346 g/mol. The van der Waals surface area contributed by atoms with Crippen molar-refractivity contribution in [2.45, 2.75) is 51.9 Å². The number of ether oxygens (including phenoxy) is 2. The first kappa shape index (κ1) is 17.6. The van der Waals surface area contributed by atoms with Gasteiger partial charge in [-0.2, -0.15) is 0 Å². The second kappa shape index (κ2) is 5.66. The molecule has 2 aliphatic carbocycles. The van der Waals surface area contributed by atoms with Crippen molar-refractivity contribution in [3.8, 4) is 0 Å². The summed E-state index contributed by atoms with van der Waals surface area (Å²) in [6, 6.07) is 0. The highest BCUT2D eigenvalue weighted by molar-refractivity contribution is 6.09. The minimum absolute atomic E-state index is 0.114. The van der Waals surface area contributed by atoms with Crippen molar-refractivity contribution in [1.82, 2.24) is 0 Å². The number of aliphatic hydroxyl groups excluding tert-OH is 1. The fourth-order valence-corrected chi connectivity index (χ4v) is 4.22. The van der Waals surface area contributed by atoms with E-state index in [1.807, 2.05) is 0 Å². The Labute approximate surface area is 146 Å². The Morgan fingerprint density at radius 1 is 1.40 bits per heavy atom. The number of rotatable bonds is 2. The summed E-state index contributed by atoms with van der Waals surface area (Å²) in [5.74, 6) is -2.71. The van der Waals surface area contributed by atoms with Crippen LogP contribution in [-0.4, -0.2) is 40.6 Å². The van der Waals surface area contributed by atoms with Crippen LogP contribution in [0.1, 0.15) is 34.1 Å². The number of aliphatic hydroxyl groups is 1. The van der Waals surface area contributed by atoms with Crippen molar-refractivity contribution in [3.05, 3.63) is 34.9 Å². The maximum Gasteiger partial charge on any atom is 0.351 e. The summed E-state index contributed by atoms with van der Waals surface area (Å²) >= 11 is 0. The molecular formula is C19H22O6. The van der Waals surface area contributed by atoms with E-state index in [4.69, 9.17) is 9.47 Å². The summed E-state index contributed by atoms with van der Waals surface area (Å²) in [6.45, 7) is 10.1. The van der Waals surface area contributed by atoms with Crippen LogP contribution in [0.3, 0.4) is 0 Å². The summed E-state index contributed by atoms with van der Waals surface area (Å²) in [5.41, 5.74) is 0.665. The van der Waals surface area contributed by atoms with Crippen LogP contribution in [0.2, 0.25) is 0 Å². The Hall–Kier alpha value is -2.21. The van der Waals surface area contributed by atoms with Crippen molar-refractivity contribution in [1.29, 1.82) is 0 Å². The highest BCUT2D eigenvalue weighted by Gasteiger charge is 2.64. The van der Waals surface area contributed by atoms with E-state index in [2.05, 4.69) is 6.58 Å². The number of carbonyl (C=O) groups is 3. The molecule has 3 aliphatic rings. The van der Waals surface area contributed by atoms with Crippen LogP contribution in [0.15, 0.2) is 34.9 Å². The van der Waals surface area contributed by atoms with E-state index in [0.29, 0.717) is 5.57 Å². The Morgan fingerprint density at radius 3 is 2.64 bits per heavy atom. The second-order valence-corrected chi connectivity index (χ2v) is 7.37. The van der Waals surface area contributed by atoms with E-state index in [9.17, 15) is 19.5 Å². The monoisotopic (exact) mass is 346 g/mol. The van der Waals surface area contributed by atoms with Crippen LogP contribution in [0, 0.1) is 11.8 Å². The van der Waals surface area contributed by atoms with E-state index in [-0.39, 0.29) is 17.8 Å². The van der Waals surface area contributed by atoms with Gasteiger partial charge in [-0.3, -0.25) is 4.79 Å². The molecular weight excluding hydrogens is 324 g/mol. The highest BCUT2D eigenvalue weighted by atomic mass is 16.6. The van der Waals surface area contributed by atoms with Crippen molar-refractivity contribution >= 4 is 17.7 Å². The van der Waals surface area contributed by atoms with Gasteiger partial charge in [0.25, 0.3) is 0 Å². The van der Waals surface area contributed by atoms with Gasteiger partial charge in [-0.1, -0.05) is 17.7 Å². The van der Waals surface area contributed by atoms with Crippen LogP contribution in [0.4, 0.5) is 0 Å². The molecule has 1 fully saturated rings. The zero-order chi connectivity index (χ0) is 18.7. The van der Waals surface area contributed by atoms with E-state index < -0.39 is 41.6 Å². The zero-order valence-corrected chi connectivity index (χ0v) is 14.8. The lowest BCUT2D eigenvalue weighted by atomic mass is 9.77. The number of hydrogen-bond donors (Lipinski definition) is 1. The number of hydrogen-bond acceptors (Lipinski definition) is 6. The molecule has 5 atom stereocenters. The van der Waals surface area contributed by atoms with Crippen LogP contribution in [-0.2, 0) is 23.9 Å². The van der Waals surface area contributed by atoms with Gasteiger partial charge in [-0.15, -0.1) is 0 Å². The van der Waals surface area contributed by atoms with Crippen LogP contribution in [0.25, 0.3) is 0 Å². The van der Waals surface area contributed by atoms with Gasteiger partial charge < -0.3 is 14.6 Å². The largest absolute Gasteiger partial charge is 0.458 e. The number of fused-ring (bicyclic) bond motifs is 3. The van der Waals surface area contributed by atoms with Gasteiger partial charge in [0.2, 0.25) is 5.60 Å². The Balaban J connectivity index is 2.07. The molecule has 1 aliphatic heterocycles. The molecule has 134 valence electrons. The number of ketones is 1. The quantitative estimate of drug-likeness (QED) is 0.604. The molecule has 1 saturated heterocycles. The zero-order valence-electron chi connectivity index (χ0n) is 14.8. The first-order chi connectivity index (χ1) is 11.6. The fraction of sp³-hybridized carbons (Fsp3) is 0.526. The third-order valence-corrected chi connectivity index (χ3v) is 5.44. The van der Waals surface area contributed by atoms with Gasteiger partial charge in [0.1, 0.15) is 6.10 Å². The Kier molecular flexibility index (Phi) is 3.99. The number of allylic oxidation sites excluding steroid dienone is 1. The third kappa shape index (κ3) is 2.47. The lowest BCUT2D eigenvalue weighted by molar-refractivity contribution is -0.173. The average Bonchev–Trinajstić information content (AvgIpc) is 2.87. The smallest absolute Gasteiger partial charge is 0.351 e. The van der Waals surface area contributed by atoms with Crippen molar-refractivity contribution in [2.24, 2.45) is 11.8 Å². The molecule has 3 rings (SSSR count). The molecule has 25 heavy (non-hydrogen) atoms. The minimum Gasteiger partial charge on any atom is -0.458 e. The first-order valence-corrected chi connectivity index (χ1v) is 8.28. The third-order valence-electron chi connectivity index (χ3n) is 5.44. The maximum absolute atomic E-state index is 12.6. The molecule has 5 unspecified atom stereocenters. The lowest BCUT2D eigenvalue weighted by Crippen LogP contribution is -2.49.